The number of carbonyl (C=O) groups is 1. The van der Waals surface area contributed by atoms with Crippen LogP contribution >= 0.6 is 0 Å². The third kappa shape index (κ3) is 5.57. The van der Waals surface area contributed by atoms with Crippen LogP contribution in [0.1, 0.15) is 56.8 Å². The van der Waals surface area contributed by atoms with Crippen LogP contribution in [0.25, 0.3) is 11.1 Å². The lowest BCUT2D eigenvalue weighted by molar-refractivity contribution is 0.0852. The zero-order chi connectivity index (χ0) is 29.2. The molecular formula is C36H34N4O3. The lowest BCUT2D eigenvalue weighted by atomic mass is 9.96. The molecule has 2 aliphatic rings. The van der Waals surface area contributed by atoms with Gasteiger partial charge in [-0.25, -0.2) is 4.98 Å². The monoisotopic (exact) mass is 570 g/mol. The van der Waals surface area contributed by atoms with Gasteiger partial charge in [0.05, 0.1) is 36.3 Å². The van der Waals surface area contributed by atoms with Crippen molar-refractivity contribution < 1.29 is 14.6 Å². The van der Waals surface area contributed by atoms with Crippen LogP contribution in [0.4, 0.5) is 0 Å². The van der Waals surface area contributed by atoms with E-state index in [0.29, 0.717) is 30.9 Å². The lowest BCUT2D eigenvalue weighted by Crippen LogP contribution is -2.35. The number of ether oxygens (including phenoxy) is 1. The molecule has 2 heterocycles. The Morgan fingerprint density at radius 2 is 1.67 bits per heavy atom. The molecule has 0 radical (unpaired) electrons. The maximum absolute atomic E-state index is 13.5. The summed E-state index contributed by atoms with van der Waals surface area (Å²) in [5.41, 5.74) is 8.20. The Bertz CT molecular complexity index is 1730. The van der Waals surface area contributed by atoms with E-state index < -0.39 is 12.1 Å². The van der Waals surface area contributed by atoms with E-state index in [2.05, 4.69) is 68.7 Å². The zero-order valence-corrected chi connectivity index (χ0v) is 23.8. The van der Waals surface area contributed by atoms with Crippen LogP contribution < -0.4 is 15.4 Å². The standard InChI is InChI=1S/C36H34N4O3/c41-33-19-27-9-4-5-10-29(27)34(33)39-36(42)31-12-6-11-30-32(17-18-43-35(30)31)38-21-28-20-37-23-40(28)22-24-13-15-26(16-14-24)25-7-2-1-3-8-25/h1-16,20,23,32-34,38,41H,17-19,21-22H2,(H,39,42). The Morgan fingerprint density at radius 3 is 2.53 bits per heavy atom. The van der Waals surface area contributed by atoms with E-state index in [1.54, 1.807) is 6.07 Å². The van der Waals surface area contributed by atoms with Gasteiger partial charge >= 0.3 is 0 Å². The van der Waals surface area contributed by atoms with Gasteiger partial charge in [0.2, 0.25) is 0 Å². The number of nitrogens with zero attached hydrogens (tertiary/aromatic N) is 2. The number of fused-ring (bicyclic) bond motifs is 2. The molecule has 7 heteroatoms. The summed E-state index contributed by atoms with van der Waals surface area (Å²) in [7, 11) is 0. The van der Waals surface area contributed by atoms with Crippen molar-refractivity contribution in [2.45, 2.75) is 44.1 Å². The topological polar surface area (TPSA) is 88.4 Å². The third-order valence-electron chi connectivity index (χ3n) is 8.55. The van der Waals surface area contributed by atoms with Gasteiger partial charge in [0.15, 0.2) is 0 Å². The predicted molar refractivity (Wildman–Crippen MR) is 166 cm³/mol. The molecule has 7 nitrogen and oxygen atoms in total. The Balaban J connectivity index is 1.03. The van der Waals surface area contributed by atoms with E-state index >= 15 is 0 Å². The van der Waals surface area contributed by atoms with Gasteiger partial charge in [-0.3, -0.25) is 4.79 Å². The highest BCUT2D eigenvalue weighted by atomic mass is 16.5. The van der Waals surface area contributed by atoms with Crippen LogP contribution in [0, 0.1) is 0 Å². The van der Waals surface area contributed by atoms with Crippen LogP contribution in [0.15, 0.2) is 110 Å². The number of aromatic nitrogens is 2. The van der Waals surface area contributed by atoms with Gasteiger partial charge in [0.1, 0.15) is 5.75 Å². The van der Waals surface area contributed by atoms with Crippen LogP contribution in [-0.4, -0.2) is 33.3 Å². The molecule has 1 amide bonds. The van der Waals surface area contributed by atoms with Crippen molar-refractivity contribution >= 4 is 5.91 Å². The quantitative estimate of drug-likeness (QED) is 0.226. The Morgan fingerprint density at radius 1 is 0.907 bits per heavy atom. The average molecular weight is 571 g/mol. The van der Waals surface area contributed by atoms with Gasteiger partial charge in [0, 0.05) is 43.7 Å². The highest BCUT2D eigenvalue weighted by Crippen LogP contribution is 2.37. The highest BCUT2D eigenvalue weighted by molar-refractivity contribution is 5.98. The molecule has 0 bridgehead atoms. The van der Waals surface area contributed by atoms with Crippen molar-refractivity contribution in [3.63, 3.8) is 0 Å². The first-order chi connectivity index (χ1) is 21.1. The van der Waals surface area contributed by atoms with Crippen molar-refractivity contribution in [3.05, 3.63) is 143 Å². The second-order valence-electron chi connectivity index (χ2n) is 11.3. The van der Waals surface area contributed by atoms with Gasteiger partial charge in [-0.05, 0) is 33.9 Å². The number of aliphatic hydroxyl groups excluding tert-OH is 1. The van der Waals surface area contributed by atoms with Crippen molar-refractivity contribution in [3.8, 4) is 16.9 Å². The summed E-state index contributed by atoms with van der Waals surface area (Å²) < 4.78 is 8.23. The number of amides is 1. The van der Waals surface area contributed by atoms with E-state index in [9.17, 15) is 9.90 Å². The molecule has 0 fully saturated rings. The largest absolute Gasteiger partial charge is 0.492 e. The smallest absolute Gasteiger partial charge is 0.255 e. The van der Waals surface area contributed by atoms with Crippen LogP contribution in [0.2, 0.25) is 0 Å². The molecular weight excluding hydrogens is 536 g/mol. The van der Waals surface area contributed by atoms with E-state index in [1.807, 2.05) is 55.0 Å². The Kier molecular flexibility index (Phi) is 7.49. The number of hydrogen-bond donors (Lipinski definition) is 3. The fraction of sp³-hybridized carbons (Fsp3) is 0.222. The molecule has 7 rings (SSSR count). The summed E-state index contributed by atoms with van der Waals surface area (Å²) >= 11 is 0. The second-order valence-corrected chi connectivity index (χ2v) is 11.3. The minimum Gasteiger partial charge on any atom is -0.492 e. The first-order valence-corrected chi connectivity index (χ1v) is 14.8. The van der Waals surface area contributed by atoms with E-state index in [1.165, 1.54) is 16.7 Å². The van der Waals surface area contributed by atoms with Gasteiger partial charge in [-0.2, -0.15) is 0 Å². The number of benzene rings is 4. The SMILES string of the molecule is O=C(NC1c2ccccc2CC1O)c1cccc2c1OCCC2NCc1cncn1Cc1ccc(-c2ccccc2)cc1. The Hall–Kier alpha value is -4.72. The predicted octanol–water partition coefficient (Wildman–Crippen LogP) is 5.60. The molecule has 3 atom stereocenters. The number of hydrogen-bond acceptors (Lipinski definition) is 5. The maximum atomic E-state index is 13.5. The van der Waals surface area contributed by atoms with Crippen LogP contribution in [0.5, 0.6) is 5.75 Å². The molecule has 3 N–H and O–H groups in total. The van der Waals surface area contributed by atoms with Crippen LogP contribution in [0.3, 0.4) is 0 Å². The lowest BCUT2D eigenvalue weighted by Gasteiger charge is -2.29. The van der Waals surface area contributed by atoms with Crippen molar-refractivity contribution in [2.24, 2.45) is 0 Å². The molecule has 43 heavy (non-hydrogen) atoms. The van der Waals surface area contributed by atoms with Crippen molar-refractivity contribution in [1.29, 1.82) is 0 Å². The molecule has 4 aromatic carbocycles. The van der Waals surface area contributed by atoms with Crippen LogP contribution in [-0.2, 0) is 19.5 Å². The molecule has 0 saturated carbocycles. The normalized spacial score (nSPS) is 18.9. The second kappa shape index (κ2) is 11.9. The summed E-state index contributed by atoms with van der Waals surface area (Å²) in [6.45, 7) is 1.88. The number of rotatable bonds is 8. The maximum Gasteiger partial charge on any atom is 0.255 e. The Labute approximate surface area is 251 Å². The van der Waals surface area contributed by atoms with Gasteiger partial charge < -0.3 is 25.0 Å². The number of aliphatic hydroxyl groups is 1. The third-order valence-corrected chi connectivity index (χ3v) is 8.55. The van der Waals surface area contributed by atoms with E-state index in [4.69, 9.17) is 4.74 Å². The number of carbonyl (C=O) groups excluding carboxylic acids is 1. The van der Waals surface area contributed by atoms with Crippen molar-refractivity contribution in [1.82, 2.24) is 20.2 Å². The summed E-state index contributed by atoms with van der Waals surface area (Å²) in [5.74, 6) is 0.367. The van der Waals surface area contributed by atoms with Gasteiger partial charge in [-0.1, -0.05) is 91.0 Å². The number of nitrogens with one attached hydrogen (secondary N) is 2. The molecule has 1 aliphatic heterocycles. The molecule has 1 aromatic heterocycles. The van der Waals surface area contributed by atoms with Crippen molar-refractivity contribution in [2.75, 3.05) is 6.61 Å². The first kappa shape index (κ1) is 27.1. The summed E-state index contributed by atoms with van der Waals surface area (Å²) in [6.07, 6.45) is 4.45. The zero-order valence-electron chi connectivity index (χ0n) is 23.8. The first-order valence-electron chi connectivity index (χ1n) is 14.8. The summed E-state index contributed by atoms with van der Waals surface area (Å²) in [6, 6.07) is 32.2. The summed E-state index contributed by atoms with van der Waals surface area (Å²) in [5, 5.41) is 17.4. The van der Waals surface area contributed by atoms with Gasteiger partial charge in [-0.15, -0.1) is 0 Å². The van der Waals surface area contributed by atoms with Gasteiger partial charge in [0.25, 0.3) is 5.91 Å². The summed E-state index contributed by atoms with van der Waals surface area (Å²) in [4.78, 5) is 17.9. The fourth-order valence-corrected chi connectivity index (χ4v) is 6.28. The fourth-order valence-electron chi connectivity index (χ4n) is 6.28. The molecule has 0 spiro atoms. The molecule has 5 aromatic rings. The highest BCUT2D eigenvalue weighted by Gasteiger charge is 2.33. The number of imidazole rings is 1. The number of para-hydroxylation sites is 1. The minimum atomic E-state index is -0.650. The van der Waals surface area contributed by atoms with E-state index in [-0.39, 0.29) is 11.9 Å². The average Bonchev–Trinajstić information content (AvgIpc) is 3.63. The van der Waals surface area contributed by atoms with E-state index in [0.717, 1.165) is 35.3 Å². The molecule has 216 valence electrons. The molecule has 3 unspecified atom stereocenters. The molecule has 0 saturated heterocycles. The molecule has 1 aliphatic carbocycles. The minimum absolute atomic E-state index is 0.0304.